The monoisotopic (exact) mass is 837 g/mol. The standard InChI is InChI=1S/C36H44Br2F3N7O3/c37-27-17-22(18-28(38)32(27)42)19-30(33(49)46-13-8-23(9-14-46)29-7-2-1-3-12-43-29)44-34(50)47-15-10-26(11-16-47)48-21-31(45-35(48)51)24-5-4-6-25(20-24)36(39,40)41/h4-6,17-18,20-21,23,26,29-30,43H,1-3,7-16,19,42H2,(H,44,50)(H,45,51)/t29?,30-/m1/s1. The van der Waals surface area contributed by atoms with Crippen LogP contribution >= 0.6 is 31.9 Å². The number of nitrogens with zero attached hydrogens (tertiary/aromatic N) is 3. The molecular formula is C36H44Br2F3N7O3. The first-order valence-corrected chi connectivity index (χ1v) is 19.3. The number of nitrogens with two attached hydrogens (primary N) is 1. The van der Waals surface area contributed by atoms with Gasteiger partial charge in [0.2, 0.25) is 5.91 Å². The van der Waals surface area contributed by atoms with Crippen LogP contribution in [-0.2, 0) is 17.4 Å². The molecule has 0 bridgehead atoms. The fraction of sp³-hybridized carbons (Fsp3) is 0.528. The summed E-state index contributed by atoms with van der Waals surface area (Å²) in [6.07, 6.45) is 4.97. The average Bonchev–Trinajstić information content (AvgIpc) is 3.30. The van der Waals surface area contributed by atoms with Gasteiger partial charge in [0.05, 0.1) is 16.9 Å². The lowest BCUT2D eigenvalue weighted by atomic mass is 9.86. The lowest BCUT2D eigenvalue weighted by Gasteiger charge is -2.38. The van der Waals surface area contributed by atoms with E-state index in [-0.39, 0.29) is 30.0 Å². The van der Waals surface area contributed by atoms with Crippen LogP contribution in [0.5, 0.6) is 0 Å². The predicted molar refractivity (Wildman–Crippen MR) is 197 cm³/mol. The van der Waals surface area contributed by atoms with Gasteiger partial charge in [0.15, 0.2) is 0 Å². The summed E-state index contributed by atoms with van der Waals surface area (Å²) < 4.78 is 42.7. The number of urea groups is 1. The maximum atomic E-state index is 14.1. The summed E-state index contributed by atoms with van der Waals surface area (Å²) in [5.74, 6) is 0.412. The van der Waals surface area contributed by atoms with Gasteiger partial charge in [-0.05, 0) is 113 Å². The van der Waals surface area contributed by atoms with Gasteiger partial charge in [-0.25, -0.2) is 9.59 Å². The second kappa shape index (κ2) is 16.2. The summed E-state index contributed by atoms with van der Waals surface area (Å²) in [6, 6.07) is 7.65. The number of aromatic amines is 1. The van der Waals surface area contributed by atoms with Gasteiger partial charge in [0.1, 0.15) is 6.04 Å². The number of nitrogens with one attached hydrogen (secondary N) is 3. The summed E-state index contributed by atoms with van der Waals surface area (Å²) in [6.45, 7) is 3.01. The Labute approximate surface area is 312 Å². The Morgan fingerprint density at radius 2 is 1.63 bits per heavy atom. The van der Waals surface area contributed by atoms with Gasteiger partial charge in [0, 0.05) is 65.4 Å². The van der Waals surface area contributed by atoms with E-state index in [9.17, 15) is 27.6 Å². The van der Waals surface area contributed by atoms with Gasteiger partial charge in [-0.2, -0.15) is 13.2 Å². The minimum Gasteiger partial charge on any atom is -0.397 e. The van der Waals surface area contributed by atoms with Crippen molar-refractivity contribution in [1.29, 1.82) is 0 Å². The number of rotatable bonds is 7. The smallest absolute Gasteiger partial charge is 0.397 e. The third-order valence-electron chi connectivity index (χ3n) is 10.6. The normalized spacial score (nSPS) is 20.2. The topological polar surface area (TPSA) is 128 Å². The molecule has 6 rings (SSSR count). The Morgan fingerprint density at radius 3 is 2.31 bits per heavy atom. The molecule has 2 atom stereocenters. The number of carbonyl (C=O) groups excluding carboxylic acids is 2. The minimum atomic E-state index is -4.50. The molecule has 10 nitrogen and oxygen atoms in total. The molecule has 1 unspecified atom stereocenters. The van der Waals surface area contributed by atoms with Gasteiger partial charge in [0.25, 0.3) is 0 Å². The van der Waals surface area contributed by atoms with E-state index < -0.39 is 23.5 Å². The highest BCUT2D eigenvalue weighted by Crippen LogP contribution is 2.33. The summed E-state index contributed by atoms with van der Waals surface area (Å²) in [5, 5.41) is 6.75. The molecule has 51 heavy (non-hydrogen) atoms. The Morgan fingerprint density at radius 1 is 0.941 bits per heavy atom. The van der Waals surface area contributed by atoms with Crippen molar-refractivity contribution in [2.45, 2.75) is 82.1 Å². The van der Waals surface area contributed by atoms with Gasteiger partial charge in [-0.3, -0.25) is 9.36 Å². The first kappa shape index (κ1) is 37.5. The fourth-order valence-corrected chi connectivity index (χ4v) is 8.95. The Bertz CT molecular complexity index is 1730. The largest absolute Gasteiger partial charge is 0.416 e. The molecule has 1 aromatic heterocycles. The number of nitrogen functional groups attached to an aromatic ring is 1. The molecular weight excluding hydrogens is 795 g/mol. The number of hydrogen-bond acceptors (Lipinski definition) is 5. The number of hydrogen-bond donors (Lipinski definition) is 4. The lowest BCUT2D eigenvalue weighted by Crippen LogP contribution is -2.56. The van der Waals surface area contributed by atoms with E-state index in [1.807, 2.05) is 17.0 Å². The number of carbonyl (C=O) groups is 2. The highest BCUT2D eigenvalue weighted by molar-refractivity contribution is 9.11. The first-order valence-electron chi connectivity index (χ1n) is 17.7. The number of amides is 3. The van der Waals surface area contributed by atoms with Gasteiger partial charge in [-0.15, -0.1) is 0 Å². The third-order valence-corrected chi connectivity index (χ3v) is 11.9. The Balaban J connectivity index is 1.11. The molecule has 3 saturated heterocycles. The van der Waals surface area contributed by atoms with E-state index in [1.165, 1.54) is 42.4 Å². The number of halogens is 5. The molecule has 3 fully saturated rings. The van der Waals surface area contributed by atoms with Crippen LogP contribution in [0.2, 0.25) is 0 Å². The van der Waals surface area contributed by atoms with Crippen molar-refractivity contribution in [2.75, 3.05) is 38.5 Å². The number of piperidine rings is 2. The van der Waals surface area contributed by atoms with Crippen LogP contribution in [0, 0.1) is 5.92 Å². The second-order valence-corrected chi connectivity index (χ2v) is 15.6. The molecule has 15 heteroatoms. The van der Waals surface area contributed by atoms with Crippen LogP contribution in [0.4, 0.5) is 23.7 Å². The maximum Gasteiger partial charge on any atom is 0.416 e. The molecule has 3 aliphatic heterocycles. The zero-order valence-corrected chi connectivity index (χ0v) is 31.5. The Kier molecular flexibility index (Phi) is 11.9. The predicted octanol–water partition coefficient (Wildman–Crippen LogP) is 6.70. The minimum absolute atomic E-state index is 0.115. The van der Waals surface area contributed by atoms with Crippen molar-refractivity contribution >= 4 is 49.5 Å². The number of benzene rings is 2. The quantitative estimate of drug-likeness (QED) is 0.197. The molecule has 2 aromatic carbocycles. The van der Waals surface area contributed by atoms with Crippen molar-refractivity contribution in [1.82, 2.24) is 30.0 Å². The highest BCUT2D eigenvalue weighted by Gasteiger charge is 2.35. The van der Waals surface area contributed by atoms with E-state index in [0.29, 0.717) is 71.3 Å². The molecule has 3 aromatic rings. The number of likely N-dealkylation sites (tertiary alicyclic amines) is 2. The SMILES string of the molecule is Nc1c(Br)cc(C[C@@H](NC(=O)N2CCC(n3cc(-c4cccc(C(F)(F)F)c4)[nH]c3=O)CC2)C(=O)N2CCC(C3CCCCCN3)CC2)cc1Br. The summed E-state index contributed by atoms with van der Waals surface area (Å²) >= 11 is 6.99. The molecule has 5 N–H and O–H groups in total. The van der Waals surface area contributed by atoms with Crippen LogP contribution in [0.1, 0.15) is 68.5 Å². The zero-order valence-electron chi connectivity index (χ0n) is 28.3. The van der Waals surface area contributed by atoms with Crippen molar-refractivity contribution in [3.8, 4) is 11.3 Å². The number of H-pyrrole nitrogens is 1. The second-order valence-electron chi connectivity index (χ2n) is 13.9. The van der Waals surface area contributed by atoms with Crippen LogP contribution in [0.25, 0.3) is 11.3 Å². The number of anilines is 1. The van der Waals surface area contributed by atoms with Crippen LogP contribution in [0.3, 0.4) is 0 Å². The van der Waals surface area contributed by atoms with E-state index in [1.54, 1.807) is 11.1 Å². The van der Waals surface area contributed by atoms with Gasteiger partial charge in [-0.1, -0.05) is 25.0 Å². The molecule has 3 amide bonds. The molecule has 276 valence electrons. The van der Waals surface area contributed by atoms with Gasteiger partial charge < -0.3 is 31.2 Å². The van der Waals surface area contributed by atoms with E-state index >= 15 is 0 Å². The molecule has 4 heterocycles. The molecule has 0 radical (unpaired) electrons. The third kappa shape index (κ3) is 9.02. The summed E-state index contributed by atoms with van der Waals surface area (Å²) in [5.41, 5.74) is 6.85. The van der Waals surface area contributed by atoms with Crippen molar-refractivity contribution in [2.24, 2.45) is 5.92 Å². The summed E-state index contributed by atoms with van der Waals surface area (Å²) in [7, 11) is 0. The summed E-state index contributed by atoms with van der Waals surface area (Å²) in [4.78, 5) is 46.9. The van der Waals surface area contributed by atoms with Crippen molar-refractivity contribution in [3.05, 3.63) is 73.2 Å². The average molecular weight is 840 g/mol. The lowest BCUT2D eigenvalue weighted by molar-refractivity contribution is -0.137. The number of imidazole rings is 1. The molecule has 0 aliphatic carbocycles. The number of alkyl halides is 3. The molecule has 0 spiro atoms. The van der Waals surface area contributed by atoms with Crippen LogP contribution < -0.4 is 22.1 Å². The van der Waals surface area contributed by atoms with Crippen molar-refractivity contribution in [3.63, 3.8) is 0 Å². The highest BCUT2D eigenvalue weighted by atomic mass is 79.9. The van der Waals surface area contributed by atoms with Gasteiger partial charge >= 0.3 is 17.9 Å². The number of aromatic nitrogens is 2. The van der Waals surface area contributed by atoms with E-state index in [4.69, 9.17) is 5.73 Å². The van der Waals surface area contributed by atoms with Crippen molar-refractivity contribution < 1.29 is 22.8 Å². The molecule has 0 saturated carbocycles. The fourth-order valence-electron chi connectivity index (χ4n) is 7.67. The maximum absolute atomic E-state index is 14.1. The van der Waals surface area contributed by atoms with Crippen LogP contribution in [0.15, 0.2) is 56.3 Å². The molecule has 3 aliphatic rings. The first-order chi connectivity index (χ1) is 24.4. The van der Waals surface area contributed by atoms with Crippen LogP contribution in [-0.4, -0.2) is 76.1 Å². The Hall–Kier alpha value is -3.30. The van der Waals surface area contributed by atoms with E-state index in [0.717, 1.165) is 37.1 Å². The zero-order chi connectivity index (χ0) is 36.3. The van der Waals surface area contributed by atoms with E-state index in [2.05, 4.69) is 47.5 Å².